The summed E-state index contributed by atoms with van der Waals surface area (Å²) >= 11 is 0. The van der Waals surface area contributed by atoms with Gasteiger partial charge < -0.3 is 4.52 Å². The first-order valence-corrected chi connectivity index (χ1v) is 11.6. The first-order valence-electron chi connectivity index (χ1n) is 10.2. The summed E-state index contributed by atoms with van der Waals surface area (Å²) in [6.07, 6.45) is 0.0562. The summed E-state index contributed by atoms with van der Waals surface area (Å²) < 4.78 is 61.0. The van der Waals surface area contributed by atoms with Crippen molar-refractivity contribution >= 4 is 15.8 Å². The first-order chi connectivity index (χ1) is 15.2. The second kappa shape index (κ2) is 8.55. The zero-order valence-electron chi connectivity index (χ0n) is 17.6. The molecule has 1 unspecified atom stereocenters. The number of rotatable bonds is 5. The van der Waals surface area contributed by atoms with E-state index in [0.717, 1.165) is 0 Å². The lowest BCUT2D eigenvalue weighted by atomic mass is 9.81. The molecule has 0 radical (unpaired) electrons. The molecule has 0 aliphatic carbocycles. The van der Waals surface area contributed by atoms with Crippen LogP contribution in [0, 0.1) is 25.5 Å². The van der Waals surface area contributed by atoms with Gasteiger partial charge in [-0.25, -0.2) is 17.2 Å². The van der Waals surface area contributed by atoms with Crippen LogP contribution in [-0.4, -0.2) is 36.2 Å². The monoisotopic (exact) mass is 460 g/mol. The zero-order valence-corrected chi connectivity index (χ0v) is 18.4. The Morgan fingerprint density at radius 1 is 1.00 bits per heavy atom. The van der Waals surface area contributed by atoms with Gasteiger partial charge in [0.1, 0.15) is 28.0 Å². The standard InChI is InChI=1S/C23H22F2N2O4S/c1-14-23(15(2)31-26-14)32(29,30)27-12-11-20(28)13-21(27)22(16-3-7-18(24)8-4-16)17-5-9-19(25)10-6-17/h3-10,21-22H,11-13H2,1-2H3. The van der Waals surface area contributed by atoms with Crippen molar-refractivity contribution in [1.29, 1.82) is 0 Å². The predicted octanol–water partition coefficient (Wildman–Crippen LogP) is 4.12. The third-order valence-electron chi connectivity index (χ3n) is 5.80. The number of aromatic nitrogens is 1. The normalized spacial score (nSPS) is 17.8. The van der Waals surface area contributed by atoms with Crippen LogP contribution in [0.25, 0.3) is 0 Å². The molecule has 1 fully saturated rings. The number of aryl methyl sites for hydroxylation is 2. The molecule has 0 amide bonds. The van der Waals surface area contributed by atoms with Crippen molar-refractivity contribution in [3.05, 3.63) is 82.7 Å². The molecule has 2 heterocycles. The highest BCUT2D eigenvalue weighted by atomic mass is 32.2. The quantitative estimate of drug-likeness (QED) is 0.572. The molecule has 0 saturated carbocycles. The van der Waals surface area contributed by atoms with Crippen molar-refractivity contribution in [2.75, 3.05) is 6.54 Å². The fraction of sp³-hybridized carbons (Fsp3) is 0.304. The molecular formula is C23H22F2N2O4S. The van der Waals surface area contributed by atoms with Gasteiger partial charge in [0.2, 0.25) is 10.0 Å². The van der Waals surface area contributed by atoms with E-state index in [-0.39, 0.29) is 41.5 Å². The van der Waals surface area contributed by atoms with Crippen molar-refractivity contribution in [2.45, 2.75) is 43.5 Å². The van der Waals surface area contributed by atoms with Gasteiger partial charge >= 0.3 is 0 Å². The Balaban J connectivity index is 1.87. The number of benzene rings is 2. The Morgan fingerprint density at radius 3 is 2.00 bits per heavy atom. The molecule has 1 aromatic heterocycles. The molecule has 32 heavy (non-hydrogen) atoms. The molecule has 0 bridgehead atoms. The smallest absolute Gasteiger partial charge is 0.248 e. The van der Waals surface area contributed by atoms with E-state index in [1.54, 1.807) is 31.2 Å². The van der Waals surface area contributed by atoms with Crippen LogP contribution >= 0.6 is 0 Å². The van der Waals surface area contributed by atoms with Gasteiger partial charge in [-0.2, -0.15) is 4.31 Å². The summed E-state index contributed by atoms with van der Waals surface area (Å²) in [4.78, 5) is 12.4. The number of carbonyl (C=O) groups excluding carboxylic acids is 1. The predicted molar refractivity (Wildman–Crippen MR) is 113 cm³/mol. The molecule has 1 saturated heterocycles. The lowest BCUT2D eigenvalue weighted by Crippen LogP contribution is -2.49. The maximum absolute atomic E-state index is 13.7. The van der Waals surface area contributed by atoms with Gasteiger partial charge in [-0.05, 0) is 49.2 Å². The fourth-order valence-electron chi connectivity index (χ4n) is 4.36. The summed E-state index contributed by atoms with van der Waals surface area (Å²) in [6, 6.07) is 10.6. The number of sulfonamides is 1. The van der Waals surface area contributed by atoms with Crippen LogP contribution < -0.4 is 0 Å². The van der Waals surface area contributed by atoms with E-state index in [9.17, 15) is 22.0 Å². The van der Waals surface area contributed by atoms with E-state index >= 15 is 0 Å². The van der Waals surface area contributed by atoms with Crippen molar-refractivity contribution in [2.24, 2.45) is 0 Å². The molecule has 9 heteroatoms. The molecule has 4 rings (SSSR count). The molecule has 1 aliphatic rings. The van der Waals surface area contributed by atoms with E-state index in [0.29, 0.717) is 11.1 Å². The van der Waals surface area contributed by atoms with Gasteiger partial charge in [0.25, 0.3) is 0 Å². The van der Waals surface area contributed by atoms with Crippen LogP contribution in [0.5, 0.6) is 0 Å². The van der Waals surface area contributed by atoms with Crippen molar-refractivity contribution < 1.29 is 26.5 Å². The van der Waals surface area contributed by atoms with E-state index in [1.807, 2.05) is 0 Å². The number of hydrogen-bond donors (Lipinski definition) is 0. The zero-order chi connectivity index (χ0) is 23.0. The lowest BCUT2D eigenvalue weighted by Gasteiger charge is -2.39. The molecular weight excluding hydrogens is 438 g/mol. The van der Waals surface area contributed by atoms with Crippen LogP contribution in [0.1, 0.15) is 41.3 Å². The summed E-state index contributed by atoms with van der Waals surface area (Å²) in [5.74, 6) is -1.40. The molecule has 1 atom stereocenters. The third-order valence-corrected chi connectivity index (χ3v) is 7.96. The highest BCUT2D eigenvalue weighted by molar-refractivity contribution is 7.89. The number of carbonyl (C=O) groups is 1. The van der Waals surface area contributed by atoms with Gasteiger partial charge in [0, 0.05) is 31.3 Å². The molecule has 1 aliphatic heterocycles. The Morgan fingerprint density at radius 2 is 1.53 bits per heavy atom. The number of nitrogens with zero attached hydrogens (tertiary/aromatic N) is 2. The Hall–Kier alpha value is -2.91. The van der Waals surface area contributed by atoms with Crippen LogP contribution in [0.15, 0.2) is 57.9 Å². The molecule has 3 aromatic rings. The molecule has 168 valence electrons. The maximum atomic E-state index is 13.7. The number of piperidine rings is 1. The maximum Gasteiger partial charge on any atom is 0.248 e. The molecule has 2 aromatic carbocycles. The highest BCUT2D eigenvalue weighted by Gasteiger charge is 2.43. The summed E-state index contributed by atoms with van der Waals surface area (Å²) in [6.45, 7) is 3.06. The highest BCUT2D eigenvalue weighted by Crippen LogP contribution is 2.38. The fourth-order valence-corrected chi connectivity index (χ4v) is 6.29. The molecule has 0 N–H and O–H groups in total. The van der Waals surface area contributed by atoms with E-state index in [1.165, 1.54) is 35.5 Å². The number of hydrogen-bond acceptors (Lipinski definition) is 5. The van der Waals surface area contributed by atoms with Crippen LogP contribution in [0.2, 0.25) is 0 Å². The van der Waals surface area contributed by atoms with Crippen LogP contribution in [0.4, 0.5) is 8.78 Å². The summed E-state index contributed by atoms with van der Waals surface area (Å²) in [7, 11) is -4.05. The second-order valence-corrected chi connectivity index (χ2v) is 9.74. The van der Waals surface area contributed by atoms with Gasteiger partial charge in [-0.1, -0.05) is 29.4 Å². The van der Waals surface area contributed by atoms with Crippen molar-refractivity contribution in [3.8, 4) is 0 Å². The van der Waals surface area contributed by atoms with Gasteiger partial charge in [-0.15, -0.1) is 0 Å². The first kappa shape index (κ1) is 22.3. The van der Waals surface area contributed by atoms with Gasteiger partial charge in [0.15, 0.2) is 5.76 Å². The Bertz CT molecular complexity index is 1170. The minimum Gasteiger partial charge on any atom is -0.360 e. The molecule has 6 nitrogen and oxygen atoms in total. The van der Waals surface area contributed by atoms with E-state index < -0.39 is 33.6 Å². The minimum atomic E-state index is -4.05. The lowest BCUT2D eigenvalue weighted by molar-refractivity contribution is -0.122. The average Bonchev–Trinajstić information content (AvgIpc) is 3.10. The van der Waals surface area contributed by atoms with Gasteiger partial charge in [0.05, 0.1) is 0 Å². The van der Waals surface area contributed by atoms with E-state index in [4.69, 9.17) is 4.52 Å². The molecule has 0 spiro atoms. The third kappa shape index (κ3) is 4.10. The summed E-state index contributed by atoms with van der Waals surface area (Å²) in [5.41, 5.74) is 1.48. The van der Waals surface area contributed by atoms with E-state index in [2.05, 4.69) is 5.16 Å². The largest absolute Gasteiger partial charge is 0.360 e. The van der Waals surface area contributed by atoms with Crippen molar-refractivity contribution in [3.63, 3.8) is 0 Å². The topological polar surface area (TPSA) is 80.5 Å². The Labute approximate surface area is 184 Å². The van der Waals surface area contributed by atoms with Gasteiger partial charge in [-0.3, -0.25) is 4.79 Å². The summed E-state index contributed by atoms with van der Waals surface area (Å²) in [5, 5.41) is 3.77. The SMILES string of the molecule is Cc1noc(C)c1S(=O)(=O)N1CCC(=O)CC1C(c1ccc(F)cc1)c1ccc(F)cc1. The van der Waals surface area contributed by atoms with Crippen LogP contribution in [0.3, 0.4) is 0 Å². The number of ketones is 1. The number of halogens is 2. The van der Waals surface area contributed by atoms with Crippen LogP contribution in [-0.2, 0) is 14.8 Å². The Kier molecular flexibility index (Phi) is 5.96. The minimum absolute atomic E-state index is 0.00518. The number of Topliss-reactive ketones (excluding diaryl/α,β-unsaturated/α-hetero) is 1. The average molecular weight is 461 g/mol. The second-order valence-electron chi connectivity index (χ2n) is 7.91. The van der Waals surface area contributed by atoms with Crippen molar-refractivity contribution in [1.82, 2.24) is 9.46 Å².